The van der Waals surface area contributed by atoms with Gasteiger partial charge in [0.2, 0.25) is 0 Å². The van der Waals surface area contributed by atoms with Gasteiger partial charge < -0.3 is 4.74 Å². The second-order valence-electron chi connectivity index (χ2n) is 6.43. The minimum Gasteiger partial charge on any atom is -0.469 e. The van der Waals surface area contributed by atoms with Gasteiger partial charge in [0.05, 0.1) is 29.9 Å². The molecule has 0 aliphatic carbocycles. The van der Waals surface area contributed by atoms with Crippen LogP contribution in [0.4, 0.5) is 11.5 Å². The number of hydrogen-bond donors (Lipinski definition) is 0. The van der Waals surface area contributed by atoms with E-state index in [0.29, 0.717) is 0 Å². The molecule has 0 spiro atoms. The van der Waals surface area contributed by atoms with Crippen molar-refractivity contribution in [3.63, 3.8) is 0 Å². The fraction of sp³-hybridized carbons (Fsp3) is 0.300. The second kappa shape index (κ2) is 10.1. The van der Waals surface area contributed by atoms with Crippen molar-refractivity contribution in [1.82, 2.24) is 4.98 Å². The molecule has 1 aromatic heterocycles. The van der Waals surface area contributed by atoms with Crippen LogP contribution < -0.4 is 0 Å². The van der Waals surface area contributed by atoms with Crippen LogP contribution in [-0.4, -0.2) is 40.6 Å². The van der Waals surface area contributed by atoms with Crippen LogP contribution in [0.5, 0.6) is 0 Å². The van der Waals surface area contributed by atoms with Crippen LogP contribution in [0, 0.1) is 22.0 Å². The van der Waals surface area contributed by atoms with Crippen LogP contribution in [0.2, 0.25) is 0 Å². The molecule has 0 aliphatic rings. The molecule has 1 heterocycles. The Morgan fingerprint density at radius 1 is 1.13 bits per heavy atom. The molecule has 10 nitrogen and oxygen atoms in total. The van der Waals surface area contributed by atoms with Gasteiger partial charge in [-0.05, 0) is 19.9 Å². The number of carbonyl (C=O) groups excluding carboxylic acids is 3. The number of esters is 1. The number of ketones is 2. The molecule has 1 aromatic carbocycles. The average Bonchev–Trinajstić information content (AvgIpc) is 2.75. The summed E-state index contributed by atoms with van der Waals surface area (Å²) < 4.78 is 4.80. The Labute approximate surface area is 172 Å². The molecule has 2 rings (SSSR count). The summed E-state index contributed by atoms with van der Waals surface area (Å²) in [6.07, 6.45) is 1.31. The number of nitrogens with zero attached hydrogens (tertiary/aromatic N) is 4. The lowest BCUT2D eigenvalue weighted by molar-refractivity contribution is -0.384. The first-order valence-electron chi connectivity index (χ1n) is 8.95. The Kier molecular flexibility index (Phi) is 7.56. The molecule has 2 aromatic rings. The molecule has 0 N–H and O–H groups in total. The predicted octanol–water partition coefficient (Wildman–Crippen LogP) is 3.34. The van der Waals surface area contributed by atoms with E-state index in [0.717, 1.165) is 7.11 Å². The van der Waals surface area contributed by atoms with Crippen LogP contribution in [0.15, 0.2) is 58.9 Å². The highest BCUT2D eigenvalue weighted by Crippen LogP contribution is 2.28. The zero-order valence-electron chi connectivity index (χ0n) is 16.6. The minimum atomic E-state index is -1.35. The van der Waals surface area contributed by atoms with Gasteiger partial charge in [0.25, 0.3) is 5.82 Å². The quantitative estimate of drug-likeness (QED) is 0.153. The molecule has 10 heteroatoms. The average molecular weight is 412 g/mol. The Hall–Kier alpha value is -3.82. The van der Waals surface area contributed by atoms with E-state index in [1.165, 1.54) is 44.3 Å². The zero-order chi connectivity index (χ0) is 22.3. The molecule has 156 valence electrons. The van der Waals surface area contributed by atoms with Crippen molar-refractivity contribution in [2.45, 2.75) is 19.9 Å². The molecule has 3 atom stereocenters. The van der Waals surface area contributed by atoms with E-state index in [-0.39, 0.29) is 17.1 Å². The first-order valence-corrected chi connectivity index (χ1v) is 8.95. The van der Waals surface area contributed by atoms with Gasteiger partial charge in [-0.2, -0.15) is 5.11 Å². The predicted molar refractivity (Wildman–Crippen MR) is 105 cm³/mol. The third-order valence-electron chi connectivity index (χ3n) is 4.43. The lowest BCUT2D eigenvalue weighted by atomic mass is 9.79. The zero-order valence-corrected chi connectivity index (χ0v) is 16.6. The van der Waals surface area contributed by atoms with Gasteiger partial charge in [-0.25, -0.2) is 4.98 Å². The van der Waals surface area contributed by atoms with Crippen LogP contribution in [0.3, 0.4) is 0 Å². The molecule has 0 bridgehead atoms. The van der Waals surface area contributed by atoms with Gasteiger partial charge in [-0.15, -0.1) is 5.11 Å². The summed E-state index contributed by atoms with van der Waals surface area (Å²) >= 11 is 0. The summed E-state index contributed by atoms with van der Waals surface area (Å²) in [5, 5.41) is 18.8. The van der Waals surface area contributed by atoms with Crippen LogP contribution in [0.25, 0.3) is 0 Å². The van der Waals surface area contributed by atoms with Gasteiger partial charge in [-0.1, -0.05) is 30.3 Å². The highest BCUT2D eigenvalue weighted by atomic mass is 16.6. The van der Waals surface area contributed by atoms with E-state index in [4.69, 9.17) is 4.74 Å². The summed E-state index contributed by atoms with van der Waals surface area (Å²) in [6, 6.07) is 9.66. The van der Waals surface area contributed by atoms with Crippen LogP contribution >= 0.6 is 0 Å². The van der Waals surface area contributed by atoms with Crippen molar-refractivity contribution >= 4 is 29.0 Å². The van der Waals surface area contributed by atoms with Gasteiger partial charge in [0.1, 0.15) is 5.78 Å². The standard InChI is InChI=1S/C20H20N4O6/c1-12(22-23-19-15(24(28)29)10-7-11-21-19)16(20(27)30-3)17(13(2)25)18(26)14-8-5-4-6-9-14/h4-12,16-17H,1-3H3. The summed E-state index contributed by atoms with van der Waals surface area (Å²) in [6.45, 7) is 2.67. The van der Waals surface area contributed by atoms with E-state index in [2.05, 4.69) is 15.2 Å². The maximum absolute atomic E-state index is 13.0. The van der Waals surface area contributed by atoms with E-state index >= 15 is 0 Å². The number of hydrogen-bond acceptors (Lipinski definition) is 9. The van der Waals surface area contributed by atoms with Crippen molar-refractivity contribution in [2.75, 3.05) is 7.11 Å². The van der Waals surface area contributed by atoms with E-state index in [1.807, 2.05) is 0 Å². The van der Waals surface area contributed by atoms with Crippen LogP contribution in [0.1, 0.15) is 24.2 Å². The lowest BCUT2D eigenvalue weighted by Crippen LogP contribution is -2.41. The Morgan fingerprint density at radius 3 is 2.37 bits per heavy atom. The number of carbonyl (C=O) groups is 3. The molecule has 0 saturated carbocycles. The normalized spacial score (nSPS) is 14.0. The van der Waals surface area contributed by atoms with Gasteiger partial charge in [-0.3, -0.25) is 24.5 Å². The summed E-state index contributed by atoms with van der Waals surface area (Å²) in [5.74, 6) is -4.79. The number of ether oxygens (including phenoxy) is 1. The van der Waals surface area contributed by atoms with E-state index in [9.17, 15) is 24.5 Å². The molecule has 3 unspecified atom stereocenters. The van der Waals surface area contributed by atoms with Crippen molar-refractivity contribution < 1.29 is 24.0 Å². The first-order chi connectivity index (χ1) is 14.3. The van der Waals surface area contributed by atoms with E-state index < -0.39 is 40.3 Å². The van der Waals surface area contributed by atoms with Gasteiger partial charge in [0.15, 0.2) is 5.78 Å². The Balaban J connectivity index is 2.42. The van der Waals surface area contributed by atoms with Crippen molar-refractivity contribution in [2.24, 2.45) is 22.1 Å². The number of aromatic nitrogens is 1. The Morgan fingerprint density at radius 2 is 1.80 bits per heavy atom. The largest absolute Gasteiger partial charge is 0.469 e. The molecule has 0 radical (unpaired) electrons. The molecule has 0 amide bonds. The smallest absolute Gasteiger partial charge is 0.315 e. The number of rotatable bonds is 9. The van der Waals surface area contributed by atoms with Crippen molar-refractivity contribution in [1.29, 1.82) is 0 Å². The number of benzene rings is 1. The highest BCUT2D eigenvalue weighted by molar-refractivity contribution is 6.12. The Bertz CT molecular complexity index is 976. The summed E-state index contributed by atoms with van der Waals surface area (Å²) in [7, 11) is 1.13. The topological polar surface area (TPSA) is 141 Å². The van der Waals surface area contributed by atoms with Crippen molar-refractivity contribution in [3.8, 4) is 0 Å². The number of nitro groups is 1. The molecule has 30 heavy (non-hydrogen) atoms. The van der Waals surface area contributed by atoms with Crippen LogP contribution in [-0.2, 0) is 14.3 Å². The lowest BCUT2D eigenvalue weighted by Gasteiger charge is -2.24. The summed E-state index contributed by atoms with van der Waals surface area (Å²) in [4.78, 5) is 52.0. The number of pyridine rings is 1. The molecule has 0 fully saturated rings. The monoisotopic (exact) mass is 412 g/mol. The molecule has 0 saturated heterocycles. The van der Waals surface area contributed by atoms with Crippen molar-refractivity contribution in [3.05, 3.63) is 64.3 Å². The fourth-order valence-electron chi connectivity index (χ4n) is 2.96. The number of methoxy groups -OCH3 is 1. The molecule has 0 aliphatic heterocycles. The maximum Gasteiger partial charge on any atom is 0.315 e. The first kappa shape index (κ1) is 22.5. The number of azo groups is 1. The van der Waals surface area contributed by atoms with E-state index in [1.54, 1.807) is 18.2 Å². The third kappa shape index (κ3) is 5.16. The second-order valence-corrected chi connectivity index (χ2v) is 6.43. The fourth-order valence-corrected chi connectivity index (χ4v) is 2.96. The number of Topliss-reactive ketones (excluding diaryl/α,β-unsaturated/α-hetero) is 2. The molecular formula is C20H20N4O6. The summed E-state index contributed by atoms with van der Waals surface area (Å²) in [5.41, 5.74) is -0.109. The maximum atomic E-state index is 13.0. The highest BCUT2D eigenvalue weighted by Gasteiger charge is 2.42. The third-order valence-corrected chi connectivity index (χ3v) is 4.43. The SMILES string of the molecule is COC(=O)C(C(C)N=Nc1ncccc1[N+](=O)[O-])C(C(C)=O)C(=O)c1ccccc1. The molecular weight excluding hydrogens is 392 g/mol. The van der Waals surface area contributed by atoms with Gasteiger partial charge in [0, 0.05) is 17.8 Å². The van der Waals surface area contributed by atoms with Gasteiger partial charge >= 0.3 is 11.7 Å². The minimum absolute atomic E-state index is 0.258.